The van der Waals surface area contributed by atoms with Crippen LogP contribution >= 0.6 is 12.4 Å². The molecule has 6 N–H and O–H groups in total. The van der Waals surface area contributed by atoms with Crippen LogP contribution in [0.1, 0.15) is 19.4 Å². The zero-order chi connectivity index (χ0) is 17.4. The van der Waals surface area contributed by atoms with Crippen molar-refractivity contribution in [2.24, 2.45) is 17.4 Å². The molecule has 134 valence electrons. The number of rotatable bonds is 8. The number of halogens is 1. The zero-order valence-electron chi connectivity index (χ0n) is 13.8. The molecule has 0 bridgehead atoms. The van der Waals surface area contributed by atoms with Crippen LogP contribution in [0.5, 0.6) is 0 Å². The van der Waals surface area contributed by atoms with Gasteiger partial charge in [0.05, 0.1) is 12.6 Å². The second-order valence-corrected chi connectivity index (χ2v) is 5.70. The lowest BCUT2D eigenvalue weighted by Gasteiger charge is -2.18. The van der Waals surface area contributed by atoms with Crippen LogP contribution in [0.25, 0.3) is 0 Å². The molecule has 24 heavy (non-hydrogen) atoms. The molecule has 0 spiro atoms. The van der Waals surface area contributed by atoms with E-state index in [9.17, 15) is 14.4 Å². The Hall–Kier alpha value is -2.12. The lowest BCUT2D eigenvalue weighted by molar-refractivity contribution is -0.129. The van der Waals surface area contributed by atoms with Crippen molar-refractivity contribution in [3.05, 3.63) is 35.9 Å². The minimum Gasteiger partial charge on any atom is -0.368 e. The van der Waals surface area contributed by atoms with Gasteiger partial charge in [0.25, 0.3) is 0 Å². The van der Waals surface area contributed by atoms with E-state index in [4.69, 9.17) is 11.5 Å². The Balaban J connectivity index is 0.00000529. The Labute approximate surface area is 147 Å². The third-order valence-corrected chi connectivity index (χ3v) is 3.41. The molecule has 0 saturated carbocycles. The van der Waals surface area contributed by atoms with Crippen molar-refractivity contribution < 1.29 is 14.4 Å². The van der Waals surface area contributed by atoms with Crippen LogP contribution in [0.2, 0.25) is 0 Å². The van der Waals surface area contributed by atoms with Gasteiger partial charge in [0.1, 0.15) is 6.04 Å². The maximum absolute atomic E-state index is 11.9. The molecule has 0 heterocycles. The molecule has 0 saturated heterocycles. The minimum absolute atomic E-state index is 0. The number of hydrogen-bond acceptors (Lipinski definition) is 4. The van der Waals surface area contributed by atoms with Gasteiger partial charge in [0.15, 0.2) is 0 Å². The highest BCUT2D eigenvalue weighted by Gasteiger charge is 2.21. The maximum atomic E-state index is 11.9. The van der Waals surface area contributed by atoms with Gasteiger partial charge in [-0.05, 0) is 11.5 Å². The van der Waals surface area contributed by atoms with Gasteiger partial charge >= 0.3 is 0 Å². The van der Waals surface area contributed by atoms with Crippen molar-refractivity contribution in [1.29, 1.82) is 0 Å². The molecule has 0 aliphatic heterocycles. The summed E-state index contributed by atoms with van der Waals surface area (Å²) in [7, 11) is 0. The lowest BCUT2D eigenvalue weighted by atomic mass is 10.0. The summed E-state index contributed by atoms with van der Waals surface area (Å²) in [4.78, 5) is 35.0. The number of nitrogens with one attached hydrogen (secondary N) is 2. The number of amides is 3. The van der Waals surface area contributed by atoms with Gasteiger partial charge in [-0.25, -0.2) is 0 Å². The molecule has 1 rings (SSSR count). The van der Waals surface area contributed by atoms with E-state index in [1.807, 2.05) is 44.2 Å². The predicted molar refractivity (Wildman–Crippen MR) is 94.3 cm³/mol. The molecule has 1 aromatic rings. The molecule has 8 heteroatoms. The fourth-order valence-corrected chi connectivity index (χ4v) is 1.91. The molecule has 1 unspecified atom stereocenters. The quantitative estimate of drug-likeness (QED) is 0.510. The Morgan fingerprint density at radius 1 is 1.12 bits per heavy atom. The highest BCUT2D eigenvalue weighted by atomic mass is 35.5. The molecule has 0 fully saturated rings. The van der Waals surface area contributed by atoms with Crippen molar-refractivity contribution in [3.63, 3.8) is 0 Å². The van der Waals surface area contributed by atoms with E-state index in [1.54, 1.807) is 0 Å². The highest BCUT2D eigenvalue weighted by molar-refractivity contribution is 5.90. The van der Waals surface area contributed by atoms with Crippen molar-refractivity contribution >= 4 is 30.1 Å². The smallest absolute Gasteiger partial charge is 0.240 e. The predicted octanol–water partition coefficient (Wildman–Crippen LogP) is -0.279. The van der Waals surface area contributed by atoms with Gasteiger partial charge in [-0.2, -0.15) is 0 Å². The fraction of sp³-hybridized carbons (Fsp3) is 0.438. The van der Waals surface area contributed by atoms with Crippen molar-refractivity contribution in [2.45, 2.75) is 32.4 Å². The van der Waals surface area contributed by atoms with Gasteiger partial charge in [0.2, 0.25) is 17.7 Å². The maximum Gasteiger partial charge on any atom is 0.240 e. The molecular weight excluding hydrogens is 332 g/mol. The van der Waals surface area contributed by atoms with E-state index < -0.39 is 29.8 Å². The van der Waals surface area contributed by atoms with Crippen molar-refractivity contribution in [2.75, 3.05) is 6.54 Å². The van der Waals surface area contributed by atoms with Crippen LogP contribution in [0, 0.1) is 5.92 Å². The number of primary amides is 1. The zero-order valence-corrected chi connectivity index (χ0v) is 14.6. The SMILES string of the molecule is CC(C)[C@H](N)C(=O)NCC(=O)NC(Cc1ccccc1)C(N)=O.Cl. The Morgan fingerprint density at radius 2 is 1.71 bits per heavy atom. The summed E-state index contributed by atoms with van der Waals surface area (Å²) in [6.45, 7) is 3.37. The number of carbonyl (C=O) groups excluding carboxylic acids is 3. The van der Waals surface area contributed by atoms with E-state index in [2.05, 4.69) is 10.6 Å². The van der Waals surface area contributed by atoms with Crippen molar-refractivity contribution in [1.82, 2.24) is 10.6 Å². The normalized spacial score (nSPS) is 12.7. The molecular formula is C16H25ClN4O3. The summed E-state index contributed by atoms with van der Waals surface area (Å²) in [5, 5.41) is 4.96. The first-order valence-corrected chi connectivity index (χ1v) is 7.47. The van der Waals surface area contributed by atoms with E-state index in [1.165, 1.54) is 0 Å². The number of carbonyl (C=O) groups is 3. The standard InChI is InChI=1S/C16H24N4O3.ClH/c1-10(2)14(17)16(23)19-9-13(21)20-12(15(18)22)8-11-6-4-3-5-7-11;/h3-7,10,12,14H,8-9,17H2,1-2H3,(H2,18,22)(H,19,23)(H,20,21);1H/t12?,14-;/m0./s1. The van der Waals surface area contributed by atoms with Gasteiger partial charge in [-0.3, -0.25) is 14.4 Å². The summed E-state index contributed by atoms with van der Waals surface area (Å²) >= 11 is 0. The first kappa shape index (κ1) is 21.9. The first-order valence-electron chi connectivity index (χ1n) is 7.47. The minimum atomic E-state index is -0.833. The first-order chi connectivity index (χ1) is 10.8. The van der Waals surface area contributed by atoms with Gasteiger partial charge < -0.3 is 22.1 Å². The molecule has 0 aliphatic rings. The summed E-state index contributed by atoms with van der Waals surface area (Å²) in [5.74, 6) is -1.57. The summed E-state index contributed by atoms with van der Waals surface area (Å²) in [6, 6.07) is 7.69. The average Bonchev–Trinajstić information content (AvgIpc) is 2.52. The number of hydrogen-bond donors (Lipinski definition) is 4. The molecule has 3 amide bonds. The van der Waals surface area contributed by atoms with Crippen LogP contribution in [0.3, 0.4) is 0 Å². The van der Waals surface area contributed by atoms with Crippen LogP contribution in [0.15, 0.2) is 30.3 Å². The number of benzene rings is 1. The Kier molecular flexibility index (Phi) is 9.68. The summed E-state index contributed by atoms with van der Waals surface area (Å²) in [6.07, 6.45) is 0.293. The second kappa shape index (κ2) is 10.6. The molecule has 0 radical (unpaired) electrons. The van der Waals surface area contributed by atoms with E-state index in [0.717, 1.165) is 5.56 Å². The van der Waals surface area contributed by atoms with E-state index in [-0.39, 0.29) is 24.9 Å². The van der Waals surface area contributed by atoms with Crippen LogP contribution in [0.4, 0.5) is 0 Å². The fourth-order valence-electron chi connectivity index (χ4n) is 1.91. The Morgan fingerprint density at radius 3 is 2.21 bits per heavy atom. The molecule has 0 aliphatic carbocycles. The summed E-state index contributed by atoms with van der Waals surface area (Å²) in [5.41, 5.74) is 11.9. The van der Waals surface area contributed by atoms with Crippen LogP contribution in [-0.4, -0.2) is 36.3 Å². The average molecular weight is 357 g/mol. The highest BCUT2D eigenvalue weighted by Crippen LogP contribution is 2.03. The largest absolute Gasteiger partial charge is 0.368 e. The van der Waals surface area contributed by atoms with E-state index in [0.29, 0.717) is 6.42 Å². The lowest BCUT2D eigenvalue weighted by Crippen LogP contribution is -2.51. The van der Waals surface area contributed by atoms with Gasteiger partial charge in [0, 0.05) is 6.42 Å². The van der Waals surface area contributed by atoms with E-state index >= 15 is 0 Å². The monoisotopic (exact) mass is 356 g/mol. The third kappa shape index (κ3) is 7.43. The Bertz CT molecular complexity index is 552. The second-order valence-electron chi connectivity index (χ2n) is 5.70. The number of nitrogens with two attached hydrogens (primary N) is 2. The third-order valence-electron chi connectivity index (χ3n) is 3.41. The summed E-state index contributed by atoms with van der Waals surface area (Å²) < 4.78 is 0. The van der Waals surface area contributed by atoms with Gasteiger partial charge in [-0.1, -0.05) is 44.2 Å². The molecule has 7 nitrogen and oxygen atoms in total. The van der Waals surface area contributed by atoms with Crippen LogP contribution in [-0.2, 0) is 20.8 Å². The van der Waals surface area contributed by atoms with Gasteiger partial charge in [-0.15, -0.1) is 12.4 Å². The van der Waals surface area contributed by atoms with Crippen molar-refractivity contribution in [3.8, 4) is 0 Å². The molecule has 0 aromatic heterocycles. The molecule has 2 atom stereocenters. The molecule has 1 aromatic carbocycles. The van der Waals surface area contributed by atoms with Crippen LogP contribution < -0.4 is 22.1 Å². The topological polar surface area (TPSA) is 127 Å².